The Hall–Kier alpha value is -2.29. The molecule has 0 saturated carbocycles. The fraction of sp³-hybridized carbons (Fsp3) is 0.300. The summed E-state index contributed by atoms with van der Waals surface area (Å²) in [7, 11) is 0.433. The molecule has 0 bridgehead atoms. The standard InChI is InChI=1S/C20H21N3O3S2/c1-22(2)23(14-9-11-28(25,26)13-14)20(24)16-12-18(19-8-5-10-27-19)21-17-7-4-3-6-15(16)17/h3-8,10,12,14H,9,11,13H2,1-2H3. The molecular formula is C20H21N3O3S2. The number of benzene rings is 1. The van der Waals surface area contributed by atoms with Gasteiger partial charge in [0.2, 0.25) is 0 Å². The topological polar surface area (TPSA) is 70.6 Å². The lowest BCUT2D eigenvalue weighted by molar-refractivity contribution is 0.00120. The normalized spacial score (nSPS) is 18.6. The van der Waals surface area contributed by atoms with Gasteiger partial charge in [-0.3, -0.25) is 9.80 Å². The molecular weight excluding hydrogens is 394 g/mol. The summed E-state index contributed by atoms with van der Waals surface area (Å²) in [6, 6.07) is 12.9. The maximum absolute atomic E-state index is 13.6. The van der Waals surface area contributed by atoms with Crippen LogP contribution in [0, 0.1) is 0 Å². The van der Waals surface area contributed by atoms with Crippen LogP contribution in [0.4, 0.5) is 0 Å². The number of carbonyl (C=O) groups is 1. The Morgan fingerprint density at radius 2 is 1.96 bits per heavy atom. The highest BCUT2D eigenvalue weighted by molar-refractivity contribution is 7.91. The molecule has 0 N–H and O–H groups in total. The zero-order valence-electron chi connectivity index (χ0n) is 15.7. The number of fused-ring (bicyclic) bond motifs is 1. The van der Waals surface area contributed by atoms with E-state index in [2.05, 4.69) is 0 Å². The minimum atomic E-state index is -3.11. The van der Waals surface area contributed by atoms with Crippen LogP contribution in [0.25, 0.3) is 21.5 Å². The molecule has 0 spiro atoms. The molecule has 1 unspecified atom stereocenters. The lowest BCUT2D eigenvalue weighted by Gasteiger charge is -2.34. The highest BCUT2D eigenvalue weighted by Crippen LogP contribution is 2.30. The molecule has 1 amide bonds. The van der Waals surface area contributed by atoms with Crippen LogP contribution in [0.3, 0.4) is 0 Å². The number of nitrogens with zero attached hydrogens (tertiary/aromatic N) is 3. The lowest BCUT2D eigenvalue weighted by Crippen LogP contribution is -2.49. The summed E-state index contributed by atoms with van der Waals surface area (Å²) in [6.07, 6.45) is 0.451. The fourth-order valence-electron chi connectivity index (χ4n) is 3.67. The SMILES string of the molecule is CN(C)N(C(=O)c1cc(-c2cccs2)nc2ccccc12)C1CCS(=O)(=O)C1. The van der Waals surface area contributed by atoms with E-state index in [9.17, 15) is 13.2 Å². The van der Waals surface area contributed by atoms with Gasteiger partial charge in [-0.2, -0.15) is 0 Å². The van der Waals surface area contributed by atoms with E-state index < -0.39 is 9.84 Å². The summed E-state index contributed by atoms with van der Waals surface area (Å²) >= 11 is 1.57. The van der Waals surface area contributed by atoms with E-state index >= 15 is 0 Å². The van der Waals surface area contributed by atoms with Crippen LogP contribution in [-0.2, 0) is 9.84 Å². The van der Waals surface area contributed by atoms with Crippen molar-refractivity contribution in [3.8, 4) is 10.6 Å². The first kappa shape index (κ1) is 19.0. The number of para-hydroxylation sites is 1. The van der Waals surface area contributed by atoms with E-state index in [1.54, 1.807) is 35.4 Å². The van der Waals surface area contributed by atoms with Crippen LogP contribution in [0.15, 0.2) is 47.8 Å². The van der Waals surface area contributed by atoms with Gasteiger partial charge in [-0.05, 0) is 30.0 Å². The van der Waals surface area contributed by atoms with Crippen molar-refractivity contribution in [1.29, 1.82) is 0 Å². The molecule has 0 aliphatic carbocycles. The number of hydrogen-bond donors (Lipinski definition) is 0. The fourth-order valence-corrected chi connectivity index (χ4v) is 6.05. The Kier molecular flexibility index (Phi) is 4.95. The zero-order valence-corrected chi connectivity index (χ0v) is 17.3. The number of hydrogen-bond acceptors (Lipinski definition) is 6. The Labute approximate surface area is 168 Å². The molecule has 1 saturated heterocycles. The van der Waals surface area contributed by atoms with Gasteiger partial charge in [0.15, 0.2) is 9.84 Å². The van der Waals surface area contributed by atoms with Crippen molar-refractivity contribution < 1.29 is 13.2 Å². The lowest BCUT2D eigenvalue weighted by atomic mass is 10.1. The molecule has 0 radical (unpaired) electrons. The quantitative estimate of drug-likeness (QED) is 0.613. The van der Waals surface area contributed by atoms with Crippen molar-refractivity contribution in [3.05, 3.63) is 53.4 Å². The number of carbonyl (C=O) groups excluding carboxylic acids is 1. The molecule has 3 aromatic rings. The molecule has 1 fully saturated rings. The van der Waals surface area contributed by atoms with Gasteiger partial charge in [0.25, 0.3) is 5.91 Å². The van der Waals surface area contributed by atoms with Gasteiger partial charge >= 0.3 is 0 Å². The number of aromatic nitrogens is 1. The molecule has 1 aliphatic rings. The summed E-state index contributed by atoms with van der Waals surface area (Å²) in [4.78, 5) is 19.3. The average molecular weight is 416 g/mol. The number of pyridine rings is 1. The molecule has 1 aromatic carbocycles. The molecule has 1 aliphatic heterocycles. The maximum Gasteiger partial charge on any atom is 0.269 e. The van der Waals surface area contributed by atoms with E-state index in [4.69, 9.17) is 4.98 Å². The summed E-state index contributed by atoms with van der Waals surface area (Å²) in [5, 5.41) is 6.00. The van der Waals surface area contributed by atoms with Crippen LogP contribution >= 0.6 is 11.3 Å². The van der Waals surface area contributed by atoms with Gasteiger partial charge < -0.3 is 0 Å². The van der Waals surface area contributed by atoms with Gasteiger partial charge in [-0.15, -0.1) is 11.3 Å². The van der Waals surface area contributed by atoms with Gasteiger partial charge in [0.1, 0.15) is 0 Å². The summed E-state index contributed by atoms with van der Waals surface area (Å²) in [5.74, 6) is -0.0895. The van der Waals surface area contributed by atoms with Gasteiger partial charge in [0, 0.05) is 19.5 Å². The second-order valence-electron chi connectivity index (χ2n) is 7.10. The number of hydrazine groups is 1. The number of rotatable bonds is 4. The van der Waals surface area contributed by atoms with E-state index in [0.717, 1.165) is 21.5 Å². The monoisotopic (exact) mass is 415 g/mol. The molecule has 28 heavy (non-hydrogen) atoms. The first-order chi connectivity index (χ1) is 13.4. The third-order valence-electron chi connectivity index (χ3n) is 4.91. The van der Waals surface area contributed by atoms with Gasteiger partial charge in [0.05, 0.1) is 39.2 Å². The molecule has 6 nitrogen and oxygen atoms in total. The highest BCUT2D eigenvalue weighted by Gasteiger charge is 2.37. The maximum atomic E-state index is 13.6. The van der Waals surface area contributed by atoms with Crippen molar-refractivity contribution in [2.45, 2.75) is 12.5 Å². The minimum Gasteiger partial charge on any atom is -0.268 e. The molecule has 2 aromatic heterocycles. The van der Waals surface area contributed by atoms with Crippen LogP contribution in [0.1, 0.15) is 16.8 Å². The largest absolute Gasteiger partial charge is 0.269 e. The first-order valence-corrected chi connectivity index (χ1v) is 11.7. The first-order valence-electron chi connectivity index (χ1n) is 9.00. The average Bonchev–Trinajstić information content (AvgIpc) is 3.30. The molecule has 146 valence electrons. The zero-order chi connectivity index (χ0) is 19.9. The Balaban J connectivity index is 1.83. The van der Waals surface area contributed by atoms with E-state index in [0.29, 0.717) is 12.0 Å². The van der Waals surface area contributed by atoms with Crippen molar-refractivity contribution >= 4 is 38.0 Å². The third kappa shape index (κ3) is 3.55. The van der Waals surface area contributed by atoms with E-state index in [-0.39, 0.29) is 23.5 Å². The van der Waals surface area contributed by atoms with Crippen LogP contribution in [-0.4, -0.2) is 61.0 Å². The van der Waals surface area contributed by atoms with Crippen LogP contribution in [0.2, 0.25) is 0 Å². The van der Waals surface area contributed by atoms with Gasteiger partial charge in [-0.1, -0.05) is 24.3 Å². The second kappa shape index (κ2) is 7.27. The number of thiophene rings is 1. The Bertz CT molecular complexity index is 1120. The van der Waals surface area contributed by atoms with Crippen LogP contribution in [0.5, 0.6) is 0 Å². The molecule has 3 heterocycles. The highest BCUT2D eigenvalue weighted by atomic mass is 32.2. The van der Waals surface area contributed by atoms with Crippen molar-refractivity contribution in [2.24, 2.45) is 0 Å². The predicted molar refractivity (Wildman–Crippen MR) is 112 cm³/mol. The second-order valence-corrected chi connectivity index (χ2v) is 10.3. The minimum absolute atomic E-state index is 0.00226. The molecule has 1 atom stereocenters. The van der Waals surface area contributed by atoms with E-state index in [1.807, 2.05) is 47.8 Å². The third-order valence-corrected chi connectivity index (χ3v) is 7.56. The van der Waals surface area contributed by atoms with Crippen molar-refractivity contribution in [2.75, 3.05) is 25.6 Å². The smallest absolute Gasteiger partial charge is 0.268 e. The van der Waals surface area contributed by atoms with Crippen LogP contribution < -0.4 is 0 Å². The predicted octanol–water partition coefficient (Wildman–Crippen LogP) is 3.07. The van der Waals surface area contributed by atoms with Crippen molar-refractivity contribution in [1.82, 2.24) is 15.0 Å². The number of amides is 1. The van der Waals surface area contributed by atoms with Crippen molar-refractivity contribution in [3.63, 3.8) is 0 Å². The molecule has 4 rings (SSSR count). The number of sulfone groups is 1. The van der Waals surface area contributed by atoms with Gasteiger partial charge in [-0.25, -0.2) is 18.4 Å². The summed E-state index contributed by atoms with van der Waals surface area (Å²) in [5.41, 5.74) is 2.02. The summed E-state index contributed by atoms with van der Waals surface area (Å²) in [6.45, 7) is 0. The van der Waals surface area contributed by atoms with E-state index in [1.165, 1.54) is 0 Å². The molecule has 8 heteroatoms. The Morgan fingerprint density at radius 3 is 2.61 bits per heavy atom. The Morgan fingerprint density at radius 1 is 1.18 bits per heavy atom. The summed E-state index contributed by atoms with van der Waals surface area (Å²) < 4.78 is 24.0.